The van der Waals surface area contributed by atoms with Crippen molar-refractivity contribution in [1.29, 1.82) is 0 Å². The van der Waals surface area contributed by atoms with Crippen LogP contribution in [0.15, 0.2) is 77.8 Å². The molecule has 0 saturated heterocycles. The van der Waals surface area contributed by atoms with Crippen LogP contribution in [0.4, 0.5) is 10.5 Å². The number of benzene rings is 2. The Morgan fingerprint density at radius 1 is 0.933 bits per heavy atom. The van der Waals surface area contributed by atoms with Crippen molar-refractivity contribution in [3.63, 3.8) is 0 Å². The van der Waals surface area contributed by atoms with Crippen molar-refractivity contribution in [2.45, 2.75) is 4.90 Å². The van der Waals surface area contributed by atoms with Crippen LogP contribution in [0.25, 0.3) is 0 Å². The van der Waals surface area contributed by atoms with E-state index < -0.39 is 16.1 Å². The molecule has 3 amide bonds. The van der Waals surface area contributed by atoms with E-state index in [9.17, 15) is 18.0 Å². The second-order valence-corrected chi connectivity index (χ2v) is 7.64. The number of hydrogen-bond donors (Lipinski definition) is 3. The second kappa shape index (κ2) is 9.05. The number of anilines is 1. The predicted octanol–water partition coefficient (Wildman–Crippen LogP) is 2.74. The zero-order valence-electron chi connectivity index (χ0n) is 15.8. The van der Waals surface area contributed by atoms with Crippen molar-refractivity contribution in [3.05, 3.63) is 78.6 Å². The molecule has 0 radical (unpaired) electrons. The van der Waals surface area contributed by atoms with E-state index in [-0.39, 0.29) is 16.5 Å². The number of rotatable bonds is 6. The van der Waals surface area contributed by atoms with E-state index in [1.807, 2.05) is 4.72 Å². The molecule has 0 saturated carbocycles. The number of urea groups is 1. The van der Waals surface area contributed by atoms with Crippen LogP contribution in [-0.2, 0) is 10.0 Å². The van der Waals surface area contributed by atoms with Gasteiger partial charge < -0.3 is 15.4 Å². The summed E-state index contributed by atoms with van der Waals surface area (Å²) in [5.41, 5.74) is 0.577. The molecule has 1 heterocycles. The Bertz CT molecular complexity index is 1150. The van der Waals surface area contributed by atoms with Gasteiger partial charge >= 0.3 is 6.03 Å². The number of carbonyl (C=O) groups is 2. The number of nitrogens with zero attached hydrogens (tertiary/aromatic N) is 1. The first kappa shape index (κ1) is 20.8. The Kier molecular flexibility index (Phi) is 6.28. The number of nitrogens with one attached hydrogen (secondary N) is 3. The van der Waals surface area contributed by atoms with Gasteiger partial charge in [0, 0.05) is 25.0 Å². The fourth-order valence-corrected chi connectivity index (χ4v) is 3.33. The van der Waals surface area contributed by atoms with E-state index in [0.717, 1.165) is 0 Å². The van der Waals surface area contributed by atoms with Crippen LogP contribution in [0.1, 0.15) is 10.5 Å². The van der Waals surface area contributed by atoms with Crippen molar-refractivity contribution in [2.24, 2.45) is 0 Å². The number of ether oxygens (including phenoxy) is 1. The molecule has 9 nitrogen and oxygen atoms in total. The minimum absolute atomic E-state index is 0.0163. The zero-order chi connectivity index (χ0) is 21.6. The van der Waals surface area contributed by atoms with E-state index in [2.05, 4.69) is 15.6 Å². The lowest BCUT2D eigenvalue weighted by atomic mass is 10.3. The Morgan fingerprint density at radius 3 is 2.30 bits per heavy atom. The maximum Gasteiger partial charge on any atom is 0.333 e. The van der Waals surface area contributed by atoms with E-state index >= 15 is 0 Å². The van der Waals surface area contributed by atoms with Crippen LogP contribution in [-0.4, -0.2) is 32.4 Å². The minimum atomic E-state index is -3.97. The highest BCUT2D eigenvalue weighted by molar-refractivity contribution is 7.90. The molecule has 1 aromatic heterocycles. The number of aromatic nitrogens is 1. The highest BCUT2D eigenvalue weighted by atomic mass is 32.2. The fourth-order valence-electron chi connectivity index (χ4n) is 2.41. The van der Waals surface area contributed by atoms with Gasteiger partial charge in [0.2, 0.25) is 0 Å². The van der Waals surface area contributed by atoms with Crippen molar-refractivity contribution >= 4 is 27.6 Å². The highest BCUT2D eigenvalue weighted by Crippen LogP contribution is 2.23. The summed E-state index contributed by atoms with van der Waals surface area (Å²) in [6.07, 6.45) is 1.45. The molecule has 0 atom stereocenters. The van der Waals surface area contributed by atoms with Crippen LogP contribution < -0.4 is 20.1 Å². The molecular weight excluding hydrogens is 408 g/mol. The van der Waals surface area contributed by atoms with Gasteiger partial charge in [0.15, 0.2) is 0 Å². The molecule has 2 aromatic carbocycles. The number of pyridine rings is 1. The Balaban J connectivity index is 1.62. The molecule has 0 bridgehead atoms. The Labute approximate surface area is 173 Å². The van der Waals surface area contributed by atoms with Crippen LogP contribution in [0.5, 0.6) is 11.5 Å². The molecule has 0 spiro atoms. The SMILES string of the molecule is CNC(=O)c1cc(Oc2ccc(NC(=O)NS(=O)(=O)c3ccccc3)cc2)ccn1. The van der Waals surface area contributed by atoms with Gasteiger partial charge in [-0.25, -0.2) is 17.9 Å². The third kappa shape index (κ3) is 5.32. The summed E-state index contributed by atoms with van der Waals surface area (Å²) in [6.45, 7) is 0. The van der Waals surface area contributed by atoms with Crippen LogP contribution in [0, 0.1) is 0 Å². The second-order valence-electron chi connectivity index (χ2n) is 5.96. The first-order valence-corrected chi connectivity index (χ1v) is 10.2. The summed E-state index contributed by atoms with van der Waals surface area (Å²) in [5.74, 6) is 0.527. The van der Waals surface area contributed by atoms with E-state index in [1.165, 1.54) is 31.4 Å². The maximum atomic E-state index is 12.2. The molecule has 3 aromatic rings. The number of carbonyl (C=O) groups excluding carboxylic acids is 2. The molecule has 30 heavy (non-hydrogen) atoms. The third-order valence-electron chi connectivity index (χ3n) is 3.82. The predicted molar refractivity (Wildman–Crippen MR) is 110 cm³/mol. The molecule has 0 aliphatic rings. The standard InChI is InChI=1S/C20H18N4O5S/c1-21-19(25)18-13-16(11-12-22-18)29-15-9-7-14(8-10-15)23-20(26)24-30(27,28)17-5-3-2-4-6-17/h2-13H,1H3,(H,21,25)(H2,23,24,26). The lowest BCUT2D eigenvalue weighted by molar-refractivity contribution is 0.0957. The van der Waals surface area contributed by atoms with Crippen molar-refractivity contribution in [1.82, 2.24) is 15.0 Å². The van der Waals surface area contributed by atoms with Crippen LogP contribution in [0.2, 0.25) is 0 Å². The summed E-state index contributed by atoms with van der Waals surface area (Å²) in [7, 11) is -2.46. The van der Waals surface area contributed by atoms with E-state index in [1.54, 1.807) is 48.5 Å². The molecule has 0 aliphatic carbocycles. The van der Waals surface area contributed by atoms with Gasteiger partial charge in [0.1, 0.15) is 17.2 Å². The van der Waals surface area contributed by atoms with E-state index in [4.69, 9.17) is 4.74 Å². The quantitative estimate of drug-likeness (QED) is 0.556. The van der Waals surface area contributed by atoms with Gasteiger partial charge in [-0.2, -0.15) is 0 Å². The molecular formula is C20H18N4O5S. The van der Waals surface area contributed by atoms with Crippen LogP contribution >= 0.6 is 0 Å². The fraction of sp³-hybridized carbons (Fsp3) is 0.0500. The van der Waals surface area contributed by atoms with Gasteiger partial charge in [-0.3, -0.25) is 9.78 Å². The van der Waals surface area contributed by atoms with Gasteiger partial charge in [0.05, 0.1) is 4.90 Å². The van der Waals surface area contributed by atoms with Gasteiger partial charge in [-0.1, -0.05) is 18.2 Å². The van der Waals surface area contributed by atoms with Crippen LogP contribution in [0.3, 0.4) is 0 Å². The molecule has 10 heteroatoms. The average Bonchev–Trinajstić information content (AvgIpc) is 2.75. The van der Waals surface area contributed by atoms with Gasteiger partial charge in [0.25, 0.3) is 15.9 Å². The molecule has 154 valence electrons. The first-order chi connectivity index (χ1) is 14.4. The monoisotopic (exact) mass is 426 g/mol. The van der Waals surface area contributed by atoms with Crippen molar-refractivity contribution < 1.29 is 22.7 Å². The maximum absolute atomic E-state index is 12.2. The minimum Gasteiger partial charge on any atom is -0.457 e. The first-order valence-electron chi connectivity index (χ1n) is 8.72. The largest absolute Gasteiger partial charge is 0.457 e. The molecule has 0 fully saturated rings. The lowest BCUT2D eigenvalue weighted by Crippen LogP contribution is -2.34. The average molecular weight is 426 g/mol. The Morgan fingerprint density at radius 2 is 1.63 bits per heavy atom. The summed E-state index contributed by atoms with van der Waals surface area (Å²) >= 11 is 0. The molecule has 0 aliphatic heterocycles. The highest BCUT2D eigenvalue weighted by Gasteiger charge is 2.17. The molecule has 3 rings (SSSR count). The summed E-state index contributed by atoms with van der Waals surface area (Å²) in [6, 6.07) is 16.0. The lowest BCUT2D eigenvalue weighted by Gasteiger charge is -2.10. The Hall–Kier alpha value is -3.92. The van der Waals surface area contributed by atoms with Gasteiger partial charge in [-0.15, -0.1) is 0 Å². The summed E-state index contributed by atoms with van der Waals surface area (Å²) in [4.78, 5) is 27.6. The van der Waals surface area contributed by atoms with Gasteiger partial charge in [-0.05, 0) is 42.5 Å². The zero-order valence-corrected chi connectivity index (χ0v) is 16.6. The molecule has 0 unspecified atom stereocenters. The third-order valence-corrected chi connectivity index (χ3v) is 5.17. The number of amides is 3. The normalized spacial score (nSPS) is 10.7. The van der Waals surface area contributed by atoms with E-state index in [0.29, 0.717) is 17.2 Å². The summed E-state index contributed by atoms with van der Waals surface area (Å²) in [5, 5.41) is 4.92. The number of hydrogen-bond acceptors (Lipinski definition) is 6. The van der Waals surface area contributed by atoms with Crippen molar-refractivity contribution in [3.8, 4) is 11.5 Å². The topological polar surface area (TPSA) is 126 Å². The van der Waals surface area contributed by atoms with Crippen molar-refractivity contribution in [2.75, 3.05) is 12.4 Å². The smallest absolute Gasteiger partial charge is 0.333 e. The number of sulfonamides is 1. The summed E-state index contributed by atoms with van der Waals surface area (Å²) < 4.78 is 31.9. The molecule has 3 N–H and O–H groups in total.